The first-order chi connectivity index (χ1) is 11.6. The molecule has 8 heteroatoms. The Labute approximate surface area is 146 Å². The van der Waals surface area contributed by atoms with Crippen LogP contribution in [0.1, 0.15) is 36.1 Å². The number of aromatic nitrogens is 1. The van der Waals surface area contributed by atoms with Gasteiger partial charge in [0, 0.05) is 56.5 Å². The van der Waals surface area contributed by atoms with E-state index in [4.69, 9.17) is 0 Å². The summed E-state index contributed by atoms with van der Waals surface area (Å²) in [5, 5.41) is 7.42. The normalized spacial score (nSPS) is 15.8. The number of rotatable bonds is 7. The number of carbonyl (C=O) groups excluding carboxylic acids is 2. The Morgan fingerprint density at radius 2 is 2.08 bits per heavy atom. The molecule has 0 bridgehead atoms. The van der Waals surface area contributed by atoms with E-state index in [9.17, 15) is 9.59 Å². The van der Waals surface area contributed by atoms with Crippen molar-refractivity contribution < 1.29 is 9.59 Å². The highest BCUT2D eigenvalue weighted by molar-refractivity contribution is 7.11. The number of hydrogen-bond acceptors (Lipinski definition) is 5. The maximum absolute atomic E-state index is 11.8. The third-order valence-electron chi connectivity index (χ3n) is 3.62. The number of thiazole rings is 1. The molecule has 0 spiro atoms. The van der Waals surface area contributed by atoms with Crippen LogP contribution in [0.4, 0.5) is 0 Å². The molecule has 1 aromatic rings. The Balaban J connectivity index is 1.78. The van der Waals surface area contributed by atoms with E-state index < -0.39 is 0 Å². The number of likely N-dealkylation sites (tertiary alicyclic amines) is 1. The number of imide groups is 1. The summed E-state index contributed by atoms with van der Waals surface area (Å²) < 4.78 is 0. The summed E-state index contributed by atoms with van der Waals surface area (Å²) in [6, 6.07) is 0. The zero-order valence-corrected chi connectivity index (χ0v) is 15.1. The van der Waals surface area contributed by atoms with Crippen LogP contribution >= 0.6 is 11.3 Å². The summed E-state index contributed by atoms with van der Waals surface area (Å²) in [6.45, 7) is 6.32. The van der Waals surface area contributed by atoms with Crippen LogP contribution in [0.15, 0.2) is 11.2 Å². The minimum absolute atomic E-state index is 0.0749. The fourth-order valence-electron chi connectivity index (χ4n) is 2.46. The molecule has 132 valence electrons. The smallest absolute Gasteiger partial charge is 0.229 e. The second kappa shape index (κ2) is 9.36. The highest BCUT2D eigenvalue weighted by atomic mass is 32.1. The number of carbonyl (C=O) groups is 2. The van der Waals surface area contributed by atoms with Crippen molar-refractivity contribution in [1.29, 1.82) is 0 Å². The van der Waals surface area contributed by atoms with Gasteiger partial charge in [0.25, 0.3) is 0 Å². The number of guanidine groups is 1. The molecule has 2 rings (SSSR count). The molecule has 0 atom stereocenters. The SMILES string of the molecule is CCNC(=NCCc1ncc(C)s1)NCCN1C(=O)CCCC1=O. The third-order valence-corrected chi connectivity index (χ3v) is 4.59. The van der Waals surface area contributed by atoms with Crippen molar-refractivity contribution >= 4 is 29.1 Å². The number of nitrogens with zero attached hydrogens (tertiary/aromatic N) is 3. The standard InChI is InChI=1S/C16H25N5O2S/c1-3-17-16(18-8-7-13-20-11-12(2)24-13)19-9-10-21-14(22)5-4-6-15(21)23/h11H,3-10H2,1-2H3,(H2,17,18,19). The van der Waals surface area contributed by atoms with Gasteiger partial charge in [-0.25, -0.2) is 4.98 Å². The van der Waals surface area contributed by atoms with Crippen molar-refractivity contribution in [3.05, 3.63) is 16.1 Å². The highest BCUT2D eigenvalue weighted by Crippen LogP contribution is 2.12. The van der Waals surface area contributed by atoms with E-state index in [-0.39, 0.29) is 11.8 Å². The lowest BCUT2D eigenvalue weighted by Crippen LogP contribution is -2.46. The molecular weight excluding hydrogens is 326 g/mol. The summed E-state index contributed by atoms with van der Waals surface area (Å²) in [4.78, 5) is 34.9. The Hall–Kier alpha value is -1.96. The fraction of sp³-hybridized carbons (Fsp3) is 0.625. The Kier molecular flexibility index (Phi) is 7.17. The molecule has 0 unspecified atom stereocenters. The predicted molar refractivity (Wildman–Crippen MR) is 95.1 cm³/mol. The molecule has 1 saturated heterocycles. The number of nitrogens with one attached hydrogen (secondary N) is 2. The average Bonchev–Trinajstić information content (AvgIpc) is 2.95. The lowest BCUT2D eigenvalue weighted by atomic mass is 10.1. The Bertz CT molecular complexity index is 583. The van der Waals surface area contributed by atoms with E-state index in [2.05, 4.69) is 20.6 Å². The van der Waals surface area contributed by atoms with Crippen molar-refractivity contribution in [3.63, 3.8) is 0 Å². The minimum Gasteiger partial charge on any atom is -0.357 e. The first-order valence-electron chi connectivity index (χ1n) is 8.37. The van der Waals surface area contributed by atoms with Crippen molar-refractivity contribution in [3.8, 4) is 0 Å². The molecule has 2 amide bonds. The van der Waals surface area contributed by atoms with E-state index in [0.29, 0.717) is 44.9 Å². The number of aryl methyl sites for hydroxylation is 1. The summed E-state index contributed by atoms with van der Waals surface area (Å²) in [5.41, 5.74) is 0. The summed E-state index contributed by atoms with van der Waals surface area (Å²) in [5.74, 6) is 0.547. The van der Waals surface area contributed by atoms with E-state index in [1.165, 1.54) is 9.78 Å². The molecule has 7 nitrogen and oxygen atoms in total. The highest BCUT2D eigenvalue weighted by Gasteiger charge is 2.25. The second-order valence-electron chi connectivity index (χ2n) is 5.59. The largest absolute Gasteiger partial charge is 0.357 e. The van der Waals surface area contributed by atoms with Crippen molar-refractivity contribution in [2.24, 2.45) is 4.99 Å². The van der Waals surface area contributed by atoms with Gasteiger partial charge in [0.15, 0.2) is 5.96 Å². The van der Waals surface area contributed by atoms with Crippen LogP contribution in [0, 0.1) is 6.92 Å². The number of amides is 2. The zero-order chi connectivity index (χ0) is 17.4. The zero-order valence-electron chi connectivity index (χ0n) is 14.3. The molecule has 2 heterocycles. The number of aliphatic imine (C=N–C) groups is 1. The molecule has 1 aliphatic heterocycles. The monoisotopic (exact) mass is 351 g/mol. The van der Waals surface area contributed by atoms with E-state index in [1.807, 2.05) is 20.0 Å². The van der Waals surface area contributed by atoms with Crippen molar-refractivity contribution in [1.82, 2.24) is 20.5 Å². The molecular formula is C16H25N5O2S. The van der Waals surface area contributed by atoms with Crippen LogP contribution in [0.2, 0.25) is 0 Å². The molecule has 1 aliphatic rings. The molecule has 2 N–H and O–H groups in total. The molecule has 1 fully saturated rings. The van der Waals surface area contributed by atoms with Crippen LogP contribution in [0.25, 0.3) is 0 Å². The maximum atomic E-state index is 11.8. The van der Waals surface area contributed by atoms with Gasteiger partial charge in [-0.1, -0.05) is 0 Å². The van der Waals surface area contributed by atoms with Gasteiger partial charge in [-0.2, -0.15) is 0 Å². The fourth-order valence-corrected chi connectivity index (χ4v) is 3.23. The van der Waals surface area contributed by atoms with Crippen LogP contribution < -0.4 is 10.6 Å². The maximum Gasteiger partial charge on any atom is 0.229 e. The van der Waals surface area contributed by atoms with E-state index >= 15 is 0 Å². The van der Waals surface area contributed by atoms with Gasteiger partial charge >= 0.3 is 0 Å². The van der Waals surface area contributed by atoms with Gasteiger partial charge in [0.2, 0.25) is 11.8 Å². The first kappa shape index (κ1) is 18.4. The molecule has 0 radical (unpaired) electrons. The Morgan fingerprint density at radius 3 is 2.71 bits per heavy atom. The summed E-state index contributed by atoms with van der Waals surface area (Å²) >= 11 is 1.69. The van der Waals surface area contributed by atoms with Gasteiger partial charge in [-0.15, -0.1) is 11.3 Å². The summed E-state index contributed by atoms with van der Waals surface area (Å²) in [6.07, 6.45) is 4.28. The quantitative estimate of drug-likeness (QED) is 0.436. The van der Waals surface area contributed by atoms with Crippen molar-refractivity contribution in [2.45, 2.75) is 39.5 Å². The summed E-state index contributed by atoms with van der Waals surface area (Å²) in [7, 11) is 0. The van der Waals surface area contributed by atoms with Gasteiger partial charge in [0.05, 0.1) is 5.01 Å². The average molecular weight is 351 g/mol. The Morgan fingerprint density at radius 1 is 1.33 bits per heavy atom. The van der Waals surface area contributed by atoms with Crippen LogP contribution in [-0.4, -0.2) is 53.8 Å². The van der Waals surface area contributed by atoms with Gasteiger partial charge in [-0.05, 0) is 20.3 Å². The number of hydrogen-bond donors (Lipinski definition) is 2. The predicted octanol–water partition coefficient (Wildman–Crippen LogP) is 1.09. The van der Waals surface area contributed by atoms with Crippen LogP contribution in [0.5, 0.6) is 0 Å². The van der Waals surface area contributed by atoms with Crippen molar-refractivity contribution in [2.75, 3.05) is 26.2 Å². The molecule has 0 saturated carbocycles. The van der Waals surface area contributed by atoms with Gasteiger partial charge in [0.1, 0.15) is 0 Å². The lowest BCUT2D eigenvalue weighted by Gasteiger charge is -2.25. The molecule has 1 aromatic heterocycles. The lowest BCUT2D eigenvalue weighted by molar-refractivity contribution is -0.147. The van der Waals surface area contributed by atoms with Crippen LogP contribution in [0.3, 0.4) is 0 Å². The molecule has 0 aromatic carbocycles. The second-order valence-corrected chi connectivity index (χ2v) is 6.91. The van der Waals surface area contributed by atoms with E-state index in [1.54, 1.807) is 11.3 Å². The third kappa shape index (κ3) is 5.59. The molecule has 0 aliphatic carbocycles. The van der Waals surface area contributed by atoms with Gasteiger partial charge < -0.3 is 10.6 Å². The minimum atomic E-state index is -0.0749. The molecule has 24 heavy (non-hydrogen) atoms. The topological polar surface area (TPSA) is 86.7 Å². The van der Waals surface area contributed by atoms with E-state index in [0.717, 1.165) is 18.0 Å². The first-order valence-corrected chi connectivity index (χ1v) is 9.18. The van der Waals surface area contributed by atoms with Crippen LogP contribution in [-0.2, 0) is 16.0 Å². The van der Waals surface area contributed by atoms with Gasteiger partial charge in [-0.3, -0.25) is 19.5 Å². The number of piperidine rings is 1.